The quantitative estimate of drug-likeness (QED) is 0.802. The molecule has 0 radical (unpaired) electrons. The molecule has 0 saturated heterocycles. The molecule has 0 fully saturated rings. The van der Waals surface area contributed by atoms with E-state index in [9.17, 15) is 13.2 Å². The summed E-state index contributed by atoms with van der Waals surface area (Å²) in [5.41, 5.74) is 6.01. The lowest BCUT2D eigenvalue weighted by Crippen LogP contribution is -2.21. The summed E-state index contributed by atoms with van der Waals surface area (Å²) in [6, 6.07) is 3.73. The van der Waals surface area contributed by atoms with Gasteiger partial charge in [-0.3, -0.25) is 0 Å². The van der Waals surface area contributed by atoms with Gasteiger partial charge in [-0.2, -0.15) is 13.2 Å². The highest BCUT2D eigenvalue weighted by Crippen LogP contribution is 2.31. The number of aryl methyl sites for hydroxylation is 1. The van der Waals surface area contributed by atoms with Crippen molar-refractivity contribution in [2.75, 3.05) is 12.8 Å². The predicted molar refractivity (Wildman–Crippen MR) is 62.7 cm³/mol. The molecule has 3 N–H and O–H groups in total. The molecule has 2 nitrogen and oxygen atoms in total. The number of hydrogen-bond acceptors (Lipinski definition) is 2. The topological polar surface area (TPSA) is 38.0 Å². The Morgan fingerprint density at radius 2 is 2.00 bits per heavy atom. The second kappa shape index (κ2) is 5.40. The fourth-order valence-electron chi connectivity index (χ4n) is 1.51. The van der Waals surface area contributed by atoms with Crippen LogP contribution in [0.5, 0.6) is 0 Å². The number of hydrogen-bond donors (Lipinski definition) is 2. The summed E-state index contributed by atoms with van der Waals surface area (Å²) in [5, 5.41) is 3.04. The molecule has 0 bridgehead atoms. The molecule has 1 atom stereocenters. The van der Waals surface area contributed by atoms with Gasteiger partial charge in [0.2, 0.25) is 0 Å². The van der Waals surface area contributed by atoms with Crippen LogP contribution < -0.4 is 11.1 Å². The van der Waals surface area contributed by atoms with Crippen LogP contribution in [0, 0.1) is 0 Å². The normalized spacial score (nSPS) is 13.7. The van der Waals surface area contributed by atoms with Crippen LogP contribution in [0.3, 0.4) is 0 Å². The molecule has 5 heteroatoms. The zero-order chi connectivity index (χ0) is 13.1. The first-order valence-electron chi connectivity index (χ1n) is 5.47. The molecule has 1 aromatic carbocycles. The fraction of sp³-hybridized carbons (Fsp3) is 0.500. The van der Waals surface area contributed by atoms with Crippen molar-refractivity contribution >= 4 is 5.69 Å². The van der Waals surface area contributed by atoms with Crippen LogP contribution >= 0.6 is 0 Å². The van der Waals surface area contributed by atoms with Gasteiger partial charge in [0.05, 0.1) is 5.56 Å². The summed E-state index contributed by atoms with van der Waals surface area (Å²) in [7, 11) is 1.82. The molecule has 1 aromatic rings. The lowest BCUT2D eigenvalue weighted by molar-refractivity contribution is -0.137. The third-order valence-corrected chi connectivity index (χ3v) is 2.81. The SMILES string of the molecule is CNC(C)CCc1cc(C(F)(F)F)ccc1N. The Labute approximate surface area is 99.0 Å². The molecule has 17 heavy (non-hydrogen) atoms. The molecular weight excluding hydrogens is 229 g/mol. The van der Waals surface area contributed by atoms with Gasteiger partial charge in [-0.1, -0.05) is 0 Å². The van der Waals surface area contributed by atoms with E-state index in [1.54, 1.807) is 0 Å². The van der Waals surface area contributed by atoms with Gasteiger partial charge in [0, 0.05) is 11.7 Å². The fourth-order valence-corrected chi connectivity index (χ4v) is 1.51. The summed E-state index contributed by atoms with van der Waals surface area (Å²) >= 11 is 0. The number of halogens is 3. The average Bonchev–Trinajstić information content (AvgIpc) is 2.26. The largest absolute Gasteiger partial charge is 0.416 e. The van der Waals surface area contributed by atoms with Gasteiger partial charge in [0.15, 0.2) is 0 Å². The van der Waals surface area contributed by atoms with Gasteiger partial charge < -0.3 is 11.1 Å². The van der Waals surface area contributed by atoms with Crippen LogP contribution in [0.15, 0.2) is 18.2 Å². The summed E-state index contributed by atoms with van der Waals surface area (Å²) in [6.45, 7) is 1.98. The second-order valence-corrected chi connectivity index (χ2v) is 4.14. The van der Waals surface area contributed by atoms with Gasteiger partial charge in [-0.15, -0.1) is 0 Å². The van der Waals surface area contributed by atoms with Crippen LogP contribution in [0.4, 0.5) is 18.9 Å². The van der Waals surface area contributed by atoms with E-state index in [1.165, 1.54) is 6.07 Å². The standard InChI is InChI=1S/C12H17F3N2/c1-8(17-2)3-4-9-7-10(12(13,14)15)5-6-11(9)16/h5-8,17H,3-4,16H2,1-2H3. The monoisotopic (exact) mass is 246 g/mol. The van der Waals surface area contributed by atoms with E-state index in [2.05, 4.69) is 5.32 Å². The summed E-state index contributed by atoms with van der Waals surface area (Å²) < 4.78 is 37.5. The van der Waals surface area contributed by atoms with Crippen LogP contribution in [0.1, 0.15) is 24.5 Å². The number of nitrogens with two attached hydrogens (primary N) is 1. The maximum Gasteiger partial charge on any atom is 0.416 e. The molecule has 0 heterocycles. The van der Waals surface area contributed by atoms with Crippen LogP contribution in [-0.2, 0) is 12.6 Å². The van der Waals surface area contributed by atoms with Gasteiger partial charge in [0.1, 0.15) is 0 Å². The summed E-state index contributed by atoms with van der Waals surface area (Å²) in [4.78, 5) is 0. The van der Waals surface area contributed by atoms with Gasteiger partial charge in [0.25, 0.3) is 0 Å². The highest BCUT2D eigenvalue weighted by molar-refractivity contribution is 5.49. The van der Waals surface area contributed by atoms with E-state index in [1.807, 2.05) is 14.0 Å². The first-order chi connectivity index (χ1) is 7.84. The predicted octanol–water partition coefficient (Wildman–Crippen LogP) is 2.83. The van der Waals surface area contributed by atoms with Gasteiger partial charge >= 0.3 is 6.18 Å². The molecule has 0 aliphatic rings. The number of rotatable bonds is 4. The molecule has 0 aliphatic heterocycles. The Morgan fingerprint density at radius 1 is 1.35 bits per heavy atom. The molecule has 0 aliphatic carbocycles. The smallest absolute Gasteiger partial charge is 0.399 e. The first-order valence-corrected chi connectivity index (χ1v) is 5.47. The van der Waals surface area contributed by atoms with E-state index in [-0.39, 0.29) is 6.04 Å². The highest BCUT2D eigenvalue weighted by Gasteiger charge is 2.30. The first kappa shape index (κ1) is 13.8. The zero-order valence-electron chi connectivity index (χ0n) is 9.93. The van der Waals surface area contributed by atoms with Crippen molar-refractivity contribution in [1.82, 2.24) is 5.32 Å². The van der Waals surface area contributed by atoms with Crippen molar-refractivity contribution in [1.29, 1.82) is 0 Å². The maximum atomic E-state index is 12.5. The van der Waals surface area contributed by atoms with E-state index in [0.717, 1.165) is 18.6 Å². The van der Waals surface area contributed by atoms with Crippen LogP contribution in [0.2, 0.25) is 0 Å². The van der Waals surface area contributed by atoms with Crippen molar-refractivity contribution in [3.63, 3.8) is 0 Å². The van der Waals surface area contributed by atoms with Crippen molar-refractivity contribution in [2.45, 2.75) is 32.0 Å². The number of anilines is 1. The Kier molecular flexibility index (Phi) is 4.40. The van der Waals surface area contributed by atoms with E-state index >= 15 is 0 Å². The molecule has 96 valence electrons. The van der Waals surface area contributed by atoms with Crippen molar-refractivity contribution in [3.8, 4) is 0 Å². The van der Waals surface area contributed by atoms with Gasteiger partial charge in [-0.25, -0.2) is 0 Å². The minimum Gasteiger partial charge on any atom is -0.399 e. The molecule has 0 aromatic heterocycles. The molecule has 0 spiro atoms. The van der Waals surface area contributed by atoms with Crippen molar-refractivity contribution < 1.29 is 13.2 Å². The molecule has 1 rings (SSSR count). The minimum absolute atomic E-state index is 0.254. The number of benzene rings is 1. The van der Waals surface area contributed by atoms with Crippen LogP contribution in [-0.4, -0.2) is 13.1 Å². The van der Waals surface area contributed by atoms with E-state index in [0.29, 0.717) is 17.7 Å². The third kappa shape index (κ3) is 3.93. The number of alkyl halides is 3. The molecular formula is C12H17F3N2. The van der Waals surface area contributed by atoms with Crippen molar-refractivity contribution in [2.24, 2.45) is 0 Å². The molecule has 0 saturated carbocycles. The Balaban J connectivity index is 2.84. The second-order valence-electron chi connectivity index (χ2n) is 4.14. The van der Waals surface area contributed by atoms with Crippen molar-refractivity contribution in [3.05, 3.63) is 29.3 Å². The van der Waals surface area contributed by atoms with E-state index < -0.39 is 11.7 Å². The number of nitrogens with one attached hydrogen (secondary N) is 1. The third-order valence-electron chi connectivity index (χ3n) is 2.81. The minimum atomic E-state index is -4.31. The maximum absolute atomic E-state index is 12.5. The van der Waals surface area contributed by atoms with Gasteiger partial charge in [-0.05, 0) is 50.6 Å². The Morgan fingerprint density at radius 3 is 2.53 bits per heavy atom. The zero-order valence-corrected chi connectivity index (χ0v) is 9.93. The lowest BCUT2D eigenvalue weighted by Gasteiger charge is -2.13. The summed E-state index contributed by atoms with van der Waals surface area (Å²) in [5.74, 6) is 0. The average molecular weight is 246 g/mol. The highest BCUT2D eigenvalue weighted by atomic mass is 19.4. The Bertz CT molecular complexity index is 375. The van der Waals surface area contributed by atoms with Crippen LogP contribution in [0.25, 0.3) is 0 Å². The Hall–Kier alpha value is -1.23. The molecule has 1 unspecified atom stereocenters. The number of nitrogen functional groups attached to an aromatic ring is 1. The van der Waals surface area contributed by atoms with E-state index in [4.69, 9.17) is 5.73 Å². The molecule has 0 amide bonds. The summed E-state index contributed by atoms with van der Waals surface area (Å²) in [6.07, 6.45) is -3.02. The lowest BCUT2D eigenvalue weighted by atomic mass is 10.0.